The fourth-order valence-corrected chi connectivity index (χ4v) is 1.18. The van der Waals surface area contributed by atoms with E-state index in [1.54, 1.807) is 6.92 Å². The van der Waals surface area contributed by atoms with E-state index in [1.165, 1.54) is 0 Å². The fraction of sp³-hybridized carbons (Fsp3) is 0.308. The molecule has 0 saturated heterocycles. The Morgan fingerprint density at radius 2 is 1.94 bits per heavy atom. The summed E-state index contributed by atoms with van der Waals surface area (Å²) in [6.45, 7) is 4.38. The first-order valence-corrected chi connectivity index (χ1v) is 5.26. The Morgan fingerprint density at radius 3 is 2.50 bits per heavy atom. The summed E-state index contributed by atoms with van der Waals surface area (Å²) in [6.07, 6.45) is 3.78. The Kier molecular flexibility index (Phi) is 5.46. The minimum absolute atomic E-state index is 0.0789. The van der Waals surface area contributed by atoms with Crippen LogP contribution >= 0.6 is 0 Å². The van der Waals surface area contributed by atoms with Crippen molar-refractivity contribution in [3.8, 4) is 0 Å². The monoisotopic (exact) mass is 220 g/mol. The Hall–Kier alpha value is -1.45. The molecule has 0 amide bonds. The Morgan fingerprint density at radius 1 is 1.25 bits per heavy atom. The number of hydrogen-bond donors (Lipinski definition) is 0. The van der Waals surface area contributed by atoms with Crippen LogP contribution in [0.1, 0.15) is 29.8 Å². The molecule has 0 atom stereocenters. The number of benzene rings is 1. The van der Waals surface area contributed by atoms with Gasteiger partial charge in [-0.25, -0.2) is 9.78 Å². The minimum atomic E-state index is 0.0789. The van der Waals surface area contributed by atoms with Gasteiger partial charge in [0.25, 0.3) is 0 Å². The van der Waals surface area contributed by atoms with Gasteiger partial charge in [0.15, 0.2) is 5.78 Å². The fourth-order valence-electron chi connectivity index (χ4n) is 1.18. The van der Waals surface area contributed by atoms with Crippen molar-refractivity contribution in [2.45, 2.75) is 13.8 Å². The summed E-state index contributed by atoms with van der Waals surface area (Å²) in [4.78, 5) is 20.6. The molecule has 0 aromatic heterocycles. The largest absolute Gasteiger partial charge is 0.295 e. The predicted octanol–water partition coefficient (Wildman–Crippen LogP) is 2.87. The van der Waals surface area contributed by atoms with E-state index in [-0.39, 0.29) is 5.78 Å². The Labute approximate surface area is 95.6 Å². The van der Waals surface area contributed by atoms with E-state index in [4.69, 9.17) is 9.78 Å². The number of Topliss-reactive ketones (excluding diaryl/α,β-unsaturated/α-hetero) is 1. The second-order valence-corrected chi connectivity index (χ2v) is 3.27. The van der Waals surface area contributed by atoms with Gasteiger partial charge in [0.1, 0.15) is 6.61 Å². The van der Waals surface area contributed by atoms with Gasteiger partial charge in [-0.15, -0.1) is 0 Å². The van der Waals surface area contributed by atoms with Crippen LogP contribution in [0, 0.1) is 0 Å². The maximum atomic E-state index is 11.0. The average molecular weight is 220 g/mol. The van der Waals surface area contributed by atoms with Gasteiger partial charge in [-0.1, -0.05) is 36.4 Å². The summed E-state index contributed by atoms with van der Waals surface area (Å²) in [5.41, 5.74) is 1.76. The van der Waals surface area contributed by atoms with E-state index in [2.05, 4.69) is 0 Å². The molecule has 0 saturated carbocycles. The third-order valence-electron chi connectivity index (χ3n) is 1.99. The smallest absolute Gasteiger partial charge is 0.159 e. The van der Waals surface area contributed by atoms with Crippen molar-refractivity contribution in [1.82, 2.24) is 0 Å². The standard InChI is InChI=1S/C13H16O3/c1-3-15-16-10-4-5-12-6-8-13(9-7-12)11(2)14/h4-9H,3,10H2,1-2H3. The first-order valence-electron chi connectivity index (χ1n) is 5.26. The molecule has 0 aliphatic carbocycles. The van der Waals surface area contributed by atoms with E-state index in [0.717, 1.165) is 11.1 Å². The van der Waals surface area contributed by atoms with Gasteiger partial charge in [0.2, 0.25) is 0 Å². The van der Waals surface area contributed by atoms with Crippen LogP contribution in [0.25, 0.3) is 6.08 Å². The lowest BCUT2D eigenvalue weighted by Gasteiger charge is -1.98. The van der Waals surface area contributed by atoms with Crippen LogP contribution in [-0.2, 0) is 9.78 Å². The average Bonchev–Trinajstić information content (AvgIpc) is 2.29. The van der Waals surface area contributed by atoms with E-state index in [1.807, 2.05) is 43.3 Å². The molecule has 3 heteroatoms. The molecule has 1 aromatic rings. The van der Waals surface area contributed by atoms with Crippen molar-refractivity contribution in [3.05, 3.63) is 41.5 Å². The van der Waals surface area contributed by atoms with Gasteiger partial charge in [0.05, 0.1) is 6.61 Å². The summed E-state index contributed by atoms with van der Waals surface area (Å²) in [6, 6.07) is 7.42. The van der Waals surface area contributed by atoms with Crippen LogP contribution in [-0.4, -0.2) is 19.0 Å². The summed E-state index contributed by atoms with van der Waals surface area (Å²) in [7, 11) is 0. The summed E-state index contributed by atoms with van der Waals surface area (Å²) in [5.74, 6) is 0.0789. The molecule has 0 fully saturated rings. The van der Waals surface area contributed by atoms with E-state index < -0.39 is 0 Å². The quantitative estimate of drug-likeness (QED) is 0.320. The molecule has 1 aromatic carbocycles. The summed E-state index contributed by atoms with van der Waals surface area (Å²) >= 11 is 0. The highest BCUT2D eigenvalue weighted by Gasteiger charge is 1.96. The van der Waals surface area contributed by atoms with Gasteiger partial charge in [-0.3, -0.25) is 4.79 Å². The molecule has 0 unspecified atom stereocenters. The first-order chi connectivity index (χ1) is 7.74. The number of carbonyl (C=O) groups excluding carboxylic acids is 1. The van der Waals surface area contributed by atoms with Gasteiger partial charge >= 0.3 is 0 Å². The number of ketones is 1. The lowest BCUT2D eigenvalue weighted by Crippen LogP contribution is -1.92. The molecule has 0 N–H and O–H groups in total. The number of hydrogen-bond acceptors (Lipinski definition) is 3. The van der Waals surface area contributed by atoms with Crippen molar-refractivity contribution in [3.63, 3.8) is 0 Å². The zero-order chi connectivity index (χ0) is 11.8. The SMILES string of the molecule is CCOOCC=Cc1ccc(C(C)=O)cc1. The molecular weight excluding hydrogens is 204 g/mol. The molecule has 0 radical (unpaired) electrons. The van der Waals surface area contributed by atoms with Crippen LogP contribution in [0.2, 0.25) is 0 Å². The van der Waals surface area contributed by atoms with Crippen LogP contribution in [0.3, 0.4) is 0 Å². The highest BCUT2D eigenvalue weighted by atomic mass is 17.2. The van der Waals surface area contributed by atoms with E-state index >= 15 is 0 Å². The van der Waals surface area contributed by atoms with Crippen LogP contribution in [0.4, 0.5) is 0 Å². The van der Waals surface area contributed by atoms with E-state index in [9.17, 15) is 4.79 Å². The molecule has 0 aliphatic heterocycles. The van der Waals surface area contributed by atoms with E-state index in [0.29, 0.717) is 13.2 Å². The third-order valence-corrected chi connectivity index (χ3v) is 1.99. The van der Waals surface area contributed by atoms with Crippen LogP contribution in [0.15, 0.2) is 30.3 Å². The highest BCUT2D eigenvalue weighted by molar-refractivity contribution is 5.94. The lowest BCUT2D eigenvalue weighted by atomic mass is 10.1. The first kappa shape index (κ1) is 12.6. The van der Waals surface area contributed by atoms with Gasteiger partial charge in [-0.2, -0.15) is 0 Å². The van der Waals surface area contributed by atoms with Crippen molar-refractivity contribution in [2.24, 2.45) is 0 Å². The normalized spacial score (nSPS) is 10.9. The summed E-state index contributed by atoms with van der Waals surface area (Å²) in [5, 5.41) is 0. The molecule has 1 rings (SSSR count). The van der Waals surface area contributed by atoms with Gasteiger partial charge in [0, 0.05) is 5.56 Å². The third kappa shape index (κ3) is 4.38. The van der Waals surface area contributed by atoms with Crippen molar-refractivity contribution in [1.29, 1.82) is 0 Å². The molecule has 0 heterocycles. The Bertz CT molecular complexity index is 352. The van der Waals surface area contributed by atoms with Gasteiger partial charge < -0.3 is 0 Å². The molecule has 86 valence electrons. The number of rotatable bonds is 6. The topological polar surface area (TPSA) is 35.5 Å². The maximum Gasteiger partial charge on any atom is 0.159 e. The van der Waals surface area contributed by atoms with Crippen molar-refractivity contribution < 1.29 is 14.6 Å². The second kappa shape index (κ2) is 6.93. The second-order valence-electron chi connectivity index (χ2n) is 3.27. The molecular formula is C13H16O3. The van der Waals surface area contributed by atoms with Crippen LogP contribution < -0.4 is 0 Å². The zero-order valence-electron chi connectivity index (χ0n) is 9.60. The molecule has 0 bridgehead atoms. The molecule has 0 aliphatic rings. The molecule has 3 nitrogen and oxygen atoms in total. The zero-order valence-corrected chi connectivity index (χ0v) is 9.60. The summed E-state index contributed by atoms with van der Waals surface area (Å²) < 4.78 is 0. The minimum Gasteiger partial charge on any atom is -0.295 e. The van der Waals surface area contributed by atoms with Crippen molar-refractivity contribution in [2.75, 3.05) is 13.2 Å². The lowest BCUT2D eigenvalue weighted by molar-refractivity contribution is -0.282. The number of carbonyl (C=O) groups is 1. The van der Waals surface area contributed by atoms with Crippen LogP contribution in [0.5, 0.6) is 0 Å². The molecule has 16 heavy (non-hydrogen) atoms. The predicted molar refractivity (Wildman–Crippen MR) is 63.1 cm³/mol. The van der Waals surface area contributed by atoms with Gasteiger partial charge in [-0.05, 0) is 19.4 Å². The molecule has 0 spiro atoms. The van der Waals surface area contributed by atoms with Crippen molar-refractivity contribution >= 4 is 11.9 Å². The highest BCUT2D eigenvalue weighted by Crippen LogP contribution is 2.06. The maximum absolute atomic E-state index is 11.0. The Balaban J connectivity index is 2.45.